The zero-order chi connectivity index (χ0) is 22.9. The summed E-state index contributed by atoms with van der Waals surface area (Å²) in [6.45, 7) is 5.86. The normalized spacial score (nSPS) is 16.0. The van der Waals surface area contributed by atoms with E-state index >= 15 is 0 Å². The number of anilines is 1. The lowest BCUT2D eigenvalue weighted by Gasteiger charge is -2.18. The summed E-state index contributed by atoms with van der Waals surface area (Å²) in [7, 11) is 0. The van der Waals surface area contributed by atoms with E-state index in [2.05, 4.69) is 36.6 Å². The van der Waals surface area contributed by atoms with Crippen LogP contribution in [0.25, 0.3) is 11.0 Å². The van der Waals surface area contributed by atoms with Crippen molar-refractivity contribution in [1.82, 2.24) is 9.55 Å². The van der Waals surface area contributed by atoms with Gasteiger partial charge in [-0.05, 0) is 61.4 Å². The Morgan fingerprint density at radius 3 is 2.64 bits per heavy atom. The van der Waals surface area contributed by atoms with Gasteiger partial charge in [-0.2, -0.15) is 0 Å². The number of amides is 1. The number of carbonyl (C=O) groups is 1. The van der Waals surface area contributed by atoms with Gasteiger partial charge in [0.1, 0.15) is 18.2 Å². The van der Waals surface area contributed by atoms with E-state index in [-0.39, 0.29) is 11.8 Å². The summed E-state index contributed by atoms with van der Waals surface area (Å²) in [5, 5.41) is 0.596. The zero-order valence-corrected chi connectivity index (χ0v) is 19.5. The summed E-state index contributed by atoms with van der Waals surface area (Å²) in [6, 6.07) is 21.8. The highest BCUT2D eigenvalue weighted by atomic mass is 35.5. The third-order valence-corrected chi connectivity index (χ3v) is 6.70. The largest absolute Gasteiger partial charge is 0.490 e. The monoisotopic (exact) mass is 459 g/mol. The smallest absolute Gasteiger partial charge is 0.227 e. The molecule has 0 radical (unpaired) electrons. The number of aryl methyl sites for hydroxylation is 2. The van der Waals surface area contributed by atoms with Gasteiger partial charge in [0.25, 0.3) is 0 Å². The molecule has 33 heavy (non-hydrogen) atoms. The van der Waals surface area contributed by atoms with Crippen molar-refractivity contribution < 1.29 is 9.53 Å². The molecule has 0 N–H and O–H groups in total. The van der Waals surface area contributed by atoms with Crippen LogP contribution < -0.4 is 9.64 Å². The lowest BCUT2D eigenvalue weighted by molar-refractivity contribution is -0.117. The summed E-state index contributed by atoms with van der Waals surface area (Å²) in [5.41, 5.74) is 5.35. The second kappa shape index (κ2) is 8.91. The fraction of sp³-hybridized carbons (Fsp3) is 0.259. The minimum atomic E-state index is 0.0202. The lowest BCUT2D eigenvalue weighted by atomic mass is 10.1. The standard InChI is InChI=1S/C27H26ClN3O2/c1-18-11-12-21(15-19(18)2)31-17-20(16-26(31)32)27-29-23-8-4-5-9-24(23)30(27)13-14-33-25-10-6-3-7-22(25)28/h3-12,15,20H,13-14,16-17H2,1-2H3. The van der Waals surface area contributed by atoms with Crippen molar-refractivity contribution >= 4 is 34.2 Å². The number of fused-ring (bicyclic) bond motifs is 1. The Bertz CT molecular complexity index is 1330. The molecule has 2 heterocycles. The number of imidazole rings is 1. The zero-order valence-electron chi connectivity index (χ0n) is 18.8. The van der Waals surface area contributed by atoms with Crippen molar-refractivity contribution in [1.29, 1.82) is 0 Å². The average molecular weight is 460 g/mol. The number of para-hydroxylation sites is 3. The number of benzene rings is 3. The molecule has 0 bridgehead atoms. The first-order chi connectivity index (χ1) is 16.0. The van der Waals surface area contributed by atoms with E-state index in [1.165, 1.54) is 11.1 Å². The van der Waals surface area contributed by atoms with Gasteiger partial charge in [0.15, 0.2) is 0 Å². The second-order valence-electron chi connectivity index (χ2n) is 8.56. The van der Waals surface area contributed by atoms with Gasteiger partial charge in [-0.15, -0.1) is 0 Å². The summed E-state index contributed by atoms with van der Waals surface area (Å²) >= 11 is 6.24. The van der Waals surface area contributed by atoms with Crippen LogP contribution in [-0.4, -0.2) is 28.6 Å². The number of hydrogen-bond donors (Lipinski definition) is 0. The van der Waals surface area contributed by atoms with Gasteiger partial charge in [0.05, 0.1) is 22.6 Å². The van der Waals surface area contributed by atoms with Crippen molar-refractivity contribution in [3.05, 3.63) is 88.7 Å². The Balaban J connectivity index is 1.41. The van der Waals surface area contributed by atoms with E-state index in [0.717, 1.165) is 22.5 Å². The van der Waals surface area contributed by atoms with Gasteiger partial charge in [-0.1, -0.05) is 41.9 Å². The quantitative estimate of drug-likeness (QED) is 0.360. The molecule has 1 amide bonds. The predicted octanol–water partition coefficient (Wildman–Crippen LogP) is 5.91. The Labute approximate surface area is 198 Å². The SMILES string of the molecule is Cc1ccc(N2CC(c3nc4ccccc4n3CCOc3ccccc3Cl)CC2=O)cc1C. The number of ether oxygens (including phenoxy) is 1. The first kappa shape index (κ1) is 21.5. The molecule has 1 aliphatic rings. The highest BCUT2D eigenvalue weighted by Crippen LogP contribution is 2.34. The number of aromatic nitrogens is 2. The number of carbonyl (C=O) groups excluding carboxylic acids is 1. The van der Waals surface area contributed by atoms with Crippen LogP contribution in [-0.2, 0) is 11.3 Å². The molecule has 0 spiro atoms. The van der Waals surface area contributed by atoms with Gasteiger partial charge < -0.3 is 14.2 Å². The van der Waals surface area contributed by atoms with Gasteiger partial charge in [-0.25, -0.2) is 4.98 Å². The summed E-state index contributed by atoms with van der Waals surface area (Å²) in [6.07, 6.45) is 0.446. The molecule has 4 aromatic rings. The molecule has 5 rings (SSSR count). The van der Waals surface area contributed by atoms with E-state index < -0.39 is 0 Å². The molecular weight excluding hydrogens is 434 g/mol. The van der Waals surface area contributed by atoms with E-state index in [1.54, 1.807) is 0 Å². The van der Waals surface area contributed by atoms with Crippen LogP contribution in [0.15, 0.2) is 66.7 Å². The molecule has 1 atom stereocenters. The molecular formula is C27H26ClN3O2. The number of rotatable bonds is 6. The lowest BCUT2D eigenvalue weighted by Crippen LogP contribution is -2.24. The Morgan fingerprint density at radius 1 is 1.03 bits per heavy atom. The predicted molar refractivity (Wildman–Crippen MR) is 132 cm³/mol. The minimum absolute atomic E-state index is 0.0202. The number of hydrogen-bond acceptors (Lipinski definition) is 3. The van der Waals surface area contributed by atoms with E-state index in [0.29, 0.717) is 36.9 Å². The van der Waals surface area contributed by atoms with Crippen molar-refractivity contribution in [2.75, 3.05) is 18.1 Å². The van der Waals surface area contributed by atoms with Crippen molar-refractivity contribution in [2.24, 2.45) is 0 Å². The van der Waals surface area contributed by atoms with Crippen molar-refractivity contribution in [3.8, 4) is 5.75 Å². The molecule has 168 valence electrons. The first-order valence-corrected chi connectivity index (χ1v) is 11.6. The molecule has 1 saturated heterocycles. The molecule has 5 nitrogen and oxygen atoms in total. The van der Waals surface area contributed by atoms with Crippen molar-refractivity contribution in [2.45, 2.75) is 32.7 Å². The maximum Gasteiger partial charge on any atom is 0.227 e. The fourth-order valence-electron chi connectivity index (χ4n) is 4.47. The van der Waals surface area contributed by atoms with Gasteiger partial charge in [0.2, 0.25) is 5.91 Å². The Kier molecular flexibility index (Phi) is 5.81. The molecule has 3 aromatic carbocycles. The fourth-order valence-corrected chi connectivity index (χ4v) is 4.66. The maximum atomic E-state index is 13.0. The van der Waals surface area contributed by atoms with E-state index in [4.69, 9.17) is 21.3 Å². The van der Waals surface area contributed by atoms with Crippen LogP contribution in [0, 0.1) is 13.8 Å². The molecule has 1 aliphatic heterocycles. The number of nitrogens with zero attached hydrogens (tertiary/aromatic N) is 3. The third-order valence-electron chi connectivity index (χ3n) is 6.39. The summed E-state index contributed by atoms with van der Waals surface area (Å²) in [5.74, 6) is 1.75. The van der Waals surface area contributed by atoms with Crippen LogP contribution >= 0.6 is 11.6 Å². The van der Waals surface area contributed by atoms with Crippen LogP contribution in [0.1, 0.15) is 29.3 Å². The van der Waals surface area contributed by atoms with Gasteiger partial charge >= 0.3 is 0 Å². The third kappa shape index (κ3) is 4.21. The minimum Gasteiger partial charge on any atom is -0.490 e. The highest BCUT2D eigenvalue weighted by Gasteiger charge is 2.35. The molecule has 1 aromatic heterocycles. The van der Waals surface area contributed by atoms with E-state index in [9.17, 15) is 4.79 Å². The summed E-state index contributed by atoms with van der Waals surface area (Å²) in [4.78, 5) is 19.8. The van der Waals surface area contributed by atoms with Crippen molar-refractivity contribution in [3.63, 3.8) is 0 Å². The molecule has 1 unspecified atom stereocenters. The molecule has 6 heteroatoms. The summed E-state index contributed by atoms with van der Waals surface area (Å²) < 4.78 is 8.14. The molecule has 1 fully saturated rings. The maximum absolute atomic E-state index is 13.0. The van der Waals surface area contributed by atoms with Gasteiger partial charge in [-0.3, -0.25) is 4.79 Å². The van der Waals surface area contributed by atoms with E-state index in [1.807, 2.05) is 53.4 Å². The Morgan fingerprint density at radius 2 is 1.82 bits per heavy atom. The molecule has 0 aliphatic carbocycles. The van der Waals surface area contributed by atoms with Crippen LogP contribution in [0.4, 0.5) is 5.69 Å². The Hall–Kier alpha value is -3.31. The highest BCUT2D eigenvalue weighted by molar-refractivity contribution is 6.32. The topological polar surface area (TPSA) is 47.4 Å². The molecule has 0 saturated carbocycles. The number of halogens is 1. The second-order valence-corrected chi connectivity index (χ2v) is 8.97. The van der Waals surface area contributed by atoms with Gasteiger partial charge in [0, 0.05) is 24.6 Å². The first-order valence-electron chi connectivity index (χ1n) is 11.2. The van der Waals surface area contributed by atoms with Crippen LogP contribution in [0.2, 0.25) is 5.02 Å². The van der Waals surface area contributed by atoms with Crippen LogP contribution in [0.5, 0.6) is 5.75 Å². The average Bonchev–Trinajstić information content (AvgIpc) is 3.37. The van der Waals surface area contributed by atoms with Crippen LogP contribution in [0.3, 0.4) is 0 Å².